The van der Waals surface area contributed by atoms with Crippen LogP contribution in [0, 0.1) is 12.7 Å². The predicted molar refractivity (Wildman–Crippen MR) is 99.4 cm³/mol. The van der Waals surface area contributed by atoms with Crippen LogP contribution in [0.25, 0.3) is 5.69 Å². The van der Waals surface area contributed by atoms with Crippen molar-refractivity contribution in [3.05, 3.63) is 64.5 Å². The number of nitrogens with one attached hydrogen (secondary N) is 2. The van der Waals surface area contributed by atoms with Gasteiger partial charge in [0, 0.05) is 22.5 Å². The van der Waals surface area contributed by atoms with Gasteiger partial charge >= 0.3 is 0 Å². The van der Waals surface area contributed by atoms with Crippen LogP contribution < -0.4 is 5.32 Å². The van der Waals surface area contributed by atoms with E-state index in [2.05, 4.69) is 20.6 Å². The van der Waals surface area contributed by atoms with Crippen molar-refractivity contribution in [3.8, 4) is 5.69 Å². The van der Waals surface area contributed by atoms with Gasteiger partial charge in [0.1, 0.15) is 5.82 Å². The fourth-order valence-electron chi connectivity index (χ4n) is 3.73. The molecule has 140 valence electrons. The molecule has 7 heteroatoms. The lowest BCUT2D eigenvalue weighted by Crippen LogP contribution is -2.28. The third kappa shape index (κ3) is 3.25. The van der Waals surface area contributed by atoms with Crippen LogP contribution in [-0.2, 0) is 12.8 Å². The first kappa shape index (κ1) is 17.5. The largest absolute Gasteiger partial charge is 0.344 e. The number of fused-ring (bicyclic) bond motifs is 1. The number of aromatic amines is 1. The van der Waals surface area contributed by atoms with Gasteiger partial charge in [-0.1, -0.05) is 6.07 Å². The molecule has 0 bridgehead atoms. The van der Waals surface area contributed by atoms with Crippen LogP contribution in [0.2, 0.25) is 0 Å². The number of hydrogen-bond donors (Lipinski definition) is 2. The Hall–Kier alpha value is -2.96. The van der Waals surface area contributed by atoms with Crippen molar-refractivity contribution in [2.45, 2.75) is 45.6 Å². The van der Waals surface area contributed by atoms with E-state index in [0.29, 0.717) is 11.4 Å². The molecule has 2 N–H and O–H groups in total. The highest BCUT2D eigenvalue weighted by Gasteiger charge is 2.24. The summed E-state index contributed by atoms with van der Waals surface area (Å²) in [5.74, 6) is -0.492. The molecule has 1 aliphatic carbocycles. The van der Waals surface area contributed by atoms with Crippen LogP contribution in [0.5, 0.6) is 0 Å². The van der Waals surface area contributed by atoms with Crippen LogP contribution in [-0.4, -0.2) is 25.9 Å². The fourth-order valence-corrected chi connectivity index (χ4v) is 3.73. The molecule has 2 heterocycles. The number of aromatic nitrogens is 4. The highest BCUT2D eigenvalue weighted by molar-refractivity contribution is 5.94. The van der Waals surface area contributed by atoms with E-state index >= 15 is 0 Å². The number of aryl methyl sites for hydroxylation is 1. The van der Waals surface area contributed by atoms with E-state index in [1.807, 2.05) is 13.8 Å². The van der Waals surface area contributed by atoms with Crippen LogP contribution in [0.3, 0.4) is 0 Å². The Bertz CT molecular complexity index is 990. The first-order valence-electron chi connectivity index (χ1n) is 9.22. The van der Waals surface area contributed by atoms with E-state index in [1.165, 1.54) is 12.1 Å². The van der Waals surface area contributed by atoms with Gasteiger partial charge < -0.3 is 5.32 Å². The quantitative estimate of drug-likeness (QED) is 0.742. The number of H-pyrrole nitrogens is 1. The molecule has 1 atom stereocenters. The summed E-state index contributed by atoms with van der Waals surface area (Å²) in [4.78, 5) is 12.7. The van der Waals surface area contributed by atoms with Gasteiger partial charge in [-0.25, -0.2) is 9.07 Å². The average molecular weight is 367 g/mol. The van der Waals surface area contributed by atoms with Crippen molar-refractivity contribution in [2.75, 3.05) is 0 Å². The summed E-state index contributed by atoms with van der Waals surface area (Å²) in [5, 5.41) is 14.6. The van der Waals surface area contributed by atoms with E-state index < -0.39 is 0 Å². The number of rotatable bonds is 4. The molecule has 0 radical (unpaired) electrons. The Morgan fingerprint density at radius 3 is 2.96 bits per heavy atom. The Morgan fingerprint density at radius 2 is 2.15 bits per heavy atom. The van der Waals surface area contributed by atoms with Gasteiger partial charge in [-0.2, -0.15) is 10.2 Å². The standard InChI is InChI=1S/C20H22FN5O/c1-12(23-20(27)19-16-8-3-4-9-18(16)24-25-19)17-11-22-26(13(17)2)15-7-5-6-14(21)10-15/h5-7,10-12H,3-4,8-9H2,1-2H3,(H,23,27)(H,24,25)/t12-/m0/s1. The highest BCUT2D eigenvalue weighted by atomic mass is 19.1. The van der Waals surface area contributed by atoms with E-state index in [4.69, 9.17) is 0 Å². The molecule has 27 heavy (non-hydrogen) atoms. The maximum absolute atomic E-state index is 13.5. The Kier molecular flexibility index (Phi) is 4.51. The lowest BCUT2D eigenvalue weighted by atomic mass is 9.95. The summed E-state index contributed by atoms with van der Waals surface area (Å²) < 4.78 is 15.2. The minimum atomic E-state index is -0.311. The SMILES string of the molecule is Cc1c([C@H](C)NC(=O)c2n[nH]c3c2CCCC3)cnn1-c1cccc(F)c1. The molecule has 0 saturated heterocycles. The minimum absolute atomic E-state index is 0.181. The summed E-state index contributed by atoms with van der Waals surface area (Å²) in [6, 6.07) is 6.04. The average Bonchev–Trinajstić information content (AvgIpc) is 3.25. The molecular formula is C20H22FN5O. The summed E-state index contributed by atoms with van der Waals surface area (Å²) in [7, 11) is 0. The second kappa shape index (κ2) is 6.98. The first-order valence-corrected chi connectivity index (χ1v) is 9.22. The number of halogens is 1. The van der Waals surface area contributed by atoms with Gasteiger partial charge in [0.15, 0.2) is 5.69 Å². The molecule has 2 aromatic heterocycles. The molecule has 0 saturated carbocycles. The summed E-state index contributed by atoms with van der Waals surface area (Å²) in [6.45, 7) is 3.82. The third-order valence-corrected chi connectivity index (χ3v) is 5.19. The van der Waals surface area contributed by atoms with Crippen molar-refractivity contribution >= 4 is 5.91 Å². The van der Waals surface area contributed by atoms with Crippen molar-refractivity contribution in [1.82, 2.24) is 25.3 Å². The second-order valence-electron chi connectivity index (χ2n) is 7.01. The van der Waals surface area contributed by atoms with Crippen LogP contribution in [0.1, 0.15) is 58.8 Å². The van der Waals surface area contributed by atoms with Crippen LogP contribution in [0.15, 0.2) is 30.5 Å². The fraction of sp³-hybridized carbons (Fsp3) is 0.350. The molecule has 3 aromatic rings. The lowest BCUT2D eigenvalue weighted by Gasteiger charge is -2.15. The number of carbonyl (C=O) groups is 1. The van der Waals surface area contributed by atoms with Crippen molar-refractivity contribution in [3.63, 3.8) is 0 Å². The Morgan fingerprint density at radius 1 is 1.33 bits per heavy atom. The predicted octanol–water partition coefficient (Wildman–Crippen LogP) is 3.41. The zero-order chi connectivity index (χ0) is 19.0. The number of hydrogen-bond acceptors (Lipinski definition) is 3. The van der Waals surface area contributed by atoms with Gasteiger partial charge in [0.25, 0.3) is 5.91 Å². The topological polar surface area (TPSA) is 75.6 Å². The third-order valence-electron chi connectivity index (χ3n) is 5.19. The molecule has 0 fully saturated rings. The minimum Gasteiger partial charge on any atom is -0.344 e. The Labute approximate surface area is 156 Å². The lowest BCUT2D eigenvalue weighted by molar-refractivity contribution is 0.0933. The normalized spacial score (nSPS) is 14.6. The number of amides is 1. The maximum Gasteiger partial charge on any atom is 0.272 e. The van der Waals surface area contributed by atoms with E-state index in [1.54, 1.807) is 23.0 Å². The van der Waals surface area contributed by atoms with Gasteiger partial charge in [0.05, 0.1) is 17.9 Å². The molecule has 1 amide bonds. The van der Waals surface area contributed by atoms with Crippen molar-refractivity contribution in [2.24, 2.45) is 0 Å². The van der Waals surface area contributed by atoms with Crippen molar-refractivity contribution < 1.29 is 9.18 Å². The van der Waals surface area contributed by atoms with E-state index in [0.717, 1.165) is 48.2 Å². The van der Waals surface area contributed by atoms with Crippen LogP contribution >= 0.6 is 0 Å². The molecule has 1 aliphatic rings. The summed E-state index contributed by atoms with van der Waals surface area (Å²) in [6.07, 6.45) is 5.77. The maximum atomic E-state index is 13.5. The van der Waals surface area contributed by atoms with Crippen molar-refractivity contribution in [1.29, 1.82) is 0 Å². The van der Waals surface area contributed by atoms with Gasteiger partial charge in [-0.15, -0.1) is 0 Å². The molecule has 6 nitrogen and oxygen atoms in total. The highest BCUT2D eigenvalue weighted by Crippen LogP contribution is 2.24. The zero-order valence-corrected chi connectivity index (χ0v) is 15.4. The number of nitrogens with zero attached hydrogens (tertiary/aromatic N) is 3. The monoisotopic (exact) mass is 367 g/mol. The summed E-state index contributed by atoms with van der Waals surface area (Å²) in [5.41, 5.74) is 5.01. The molecule has 0 unspecified atom stereocenters. The Balaban J connectivity index is 1.54. The van der Waals surface area contributed by atoms with Gasteiger partial charge in [-0.05, 0) is 57.7 Å². The molecule has 4 rings (SSSR count). The van der Waals surface area contributed by atoms with Gasteiger partial charge in [-0.3, -0.25) is 9.89 Å². The zero-order valence-electron chi connectivity index (χ0n) is 15.4. The van der Waals surface area contributed by atoms with Crippen LogP contribution in [0.4, 0.5) is 4.39 Å². The smallest absolute Gasteiger partial charge is 0.272 e. The first-order chi connectivity index (χ1) is 13.0. The summed E-state index contributed by atoms with van der Waals surface area (Å²) >= 11 is 0. The van der Waals surface area contributed by atoms with E-state index in [-0.39, 0.29) is 17.8 Å². The number of benzene rings is 1. The molecule has 0 spiro atoms. The van der Waals surface area contributed by atoms with Gasteiger partial charge in [0.2, 0.25) is 0 Å². The molecule has 0 aliphatic heterocycles. The molecule has 1 aromatic carbocycles. The molecular weight excluding hydrogens is 345 g/mol. The van der Waals surface area contributed by atoms with E-state index in [9.17, 15) is 9.18 Å². The second-order valence-corrected chi connectivity index (χ2v) is 7.01. The number of carbonyl (C=O) groups excluding carboxylic acids is 1.